The predicted octanol–water partition coefficient (Wildman–Crippen LogP) is 2.83. The maximum absolute atomic E-state index is 11.6. The van der Waals surface area contributed by atoms with Crippen LogP contribution in [0.3, 0.4) is 0 Å². The minimum Gasteiger partial charge on any atom is -0.445 e. The minimum absolute atomic E-state index is 0.209. The zero-order chi connectivity index (χ0) is 16.6. The van der Waals surface area contributed by atoms with Crippen LogP contribution in [0.1, 0.15) is 33.3 Å². The van der Waals surface area contributed by atoms with E-state index in [-0.39, 0.29) is 19.2 Å². The molecule has 1 atom stereocenters. The third-order valence-corrected chi connectivity index (χ3v) is 2.53. The Hall–Kier alpha value is -2.24. The van der Waals surface area contributed by atoms with Gasteiger partial charge in [-0.3, -0.25) is 0 Å². The van der Waals surface area contributed by atoms with Gasteiger partial charge in [0.25, 0.3) is 0 Å². The SMILES string of the molecule is C[C@@H](CNC(=O)OCc1ccccc1)NC(=O)OC(C)(C)C. The summed E-state index contributed by atoms with van der Waals surface area (Å²) in [5.74, 6) is 0. The molecule has 22 heavy (non-hydrogen) atoms. The van der Waals surface area contributed by atoms with Gasteiger partial charge >= 0.3 is 12.2 Å². The van der Waals surface area contributed by atoms with Crippen molar-refractivity contribution >= 4 is 12.2 Å². The Kier molecular flexibility index (Phi) is 6.69. The average molecular weight is 308 g/mol. The zero-order valence-corrected chi connectivity index (χ0v) is 13.5. The van der Waals surface area contributed by atoms with Gasteiger partial charge in [-0.1, -0.05) is 30.3 Å². The van der Waals surface area contributed by atoms with Crippen molar-refractivity contribution in [3.63, 3.8) is 0 Å². The van der Waals surface area contributed by atoms with Gasteiger partial charge in [0.2, 0.25) is 0 Å². The number of amides is 2. The Labute approximate surface area is 131 Å². The smallest absolute Gasteiger partial charge is 0.407 e. The van der Waals surface area contributed by atoms with Gasteiger partial charge in [-0.15, -0.1) is 0 Å². The van der Waals surface area contributed by atoms with Crippen LogP contribution in [0, 0.1) is 0 Å². The molecule has 122 valence electrons. The van der Waals surface area contributed by atoms with Crippen LogP contribution in [0.25, 0.3) is 0 Å². The molecule has 0 aliphatic rings. The highest BCUT2D eigenvalue weighted by Gasteiger charge is 2.17. The number of hydrogen-bond donors (Lipinski definition) is 2. The lowest BCUT2D eigenvalue weighted by Crippen LogP contribution is -2.43. The van der Waals surface area contributed by atoms with Crippen molar-refractivity contribution in [2.75, 3.05) is 6.54 Å². The highest BCUT2D eigenvalue weighted by Crippen LogP contribution is 2.06. The summed E-state index contributed by atoms with van der Waals surface area (Å²) in [7, 11) is 0. The maximum Gasteiger partial charge on any atom is 0.407 e. The second-order valence-electron chi connectivity index (χ2n) is 5.99. The Morgan fingerprint density at radius 2 is 1.77 bits per heavy atom. The lowest BCUT2D eigenvalue weighted by molar-refractivity contribution is 0.0506. The van der Waals surface area contributed by atoms with Crippen LogP contribution in [0.5, 0.6) is 0 Å². The van der Waals surface area contributed by atoms with Gasteiger partial charge in [0, 0.05) is 12.6 Å². The van der Waals surface area contributed by atoms with Crippen molar-refractivity contribution < 1.29 is 19.1 Å². The number of rotatable bonds is 5. The van der Waals surface area contributed by atoms with Crippen molar-refractivity contribution in [1.82, 2.24) is 10.6 Å². The van der Waals surface area contributed by atoms with E-state index in [1.165, 1.54) is 0 Å². The van der Waals surface area contributed by atoms with E-state index in [1.54, 1.807) is 27.7 Å². The summed E-state index contributed by atoms with van der Waals surface area (Å²) in [4.78, 5) is 23.1. The molecule has 0 fully saturated rings. The fourth-order valence-corrected chi connectivity index (χ4v) is 1.57. The summed E-state index contributed by atoms with van der Waals surface area (Å²) in [6.07, 6.45) is -1.04. The van der Waals surface area contributed by atoms with E-state index in [0.29, 0.717) is 0 Å². The Bertz CT molecular complexity index is 483. The van der Waals surface area contributed by atoms with Crippen molar-refractivity contribution in [2.24, 2.45) is 0 Å². The molecule has 0 aliphatic carbocycles. The largest absolute Gasteiger partial charge is 0.445 e. The molecule has 0 bridgehead atoms. The lowest BCUT2D eigenvalue weighted by atomic mass is 10.2. The van der Waals surface area contributed by atoms with Gasteiger partial charge in [0.05, 0.1) is 0 Å². The molecule has 6 nitrogen and oxygen atoms in total. The molecule has 1 aromatic rings. The van der Waals surface area contributed by atoms with E-state index in [0.717, 1.165) is 5.56 Å². The molecule has 2 N–H and O–H groups in total. The maximum atomic E-state index is 11.6. The molecule has 0 heterocycles. The molecule has 1 rings (SSSR count). The summed E-state index contributed by atoms with van der Waals surface area (Å²) >= 11 is 0. The summed E-state index contributed by atoms with van der Waals surface area (Å²) in [6, 6.07) is 9.14. The number of carbonyl (C=O) groups is 2. The quantitative estimate of drug-likeness (QED) is 0.877. The monoisotopic (exact) mass is 308 g/mol. The van der Waals surface area contributed by atoms with Gasteiger partial charge in [-0.2, -0.15) is 0 Å². The first kappa shape index (κ1) is 17.8. The molecule has 2 amide bonds. The van der Waals surface area contributed by atoms with E-state index < -0.39 is 17.8 Å². The summed E-state index contributed by atoms with van der Waals surface area (Å²) in [5, 5.41) is 5.22. The normalized spacial score (nSPS) is 12.2. The first-order valence-corrected chi connectivity index (χ1v) is 7.20. The molecule has 0 saturated heterocycles. The van der Waals surface area contributed by atoms with E-state index in [9.17, 15) is 9.59 Å². The first-order chi connectivity index (χ1) is 10.3. The molecule has 0 unspecified atom stereocenters. The van der Waals surface area contributed by atoms with Crippen molar-refractivity contribution in [1.29, 1.82) is 0 Å². The van der Waals surface area contributed by atoms with Crippen LogP contribution >= 0.6 is 0 Å². The fraction of sp³-hybridized carbons (Fsp3) is 0.500. The zero-order valence-electron chi connectivity index (χ0n) is 13.5. The fourth-order valence-electron chi connectivity index (χ4n) is 1.57. The second-order valence-corrected chi connectivity index (χ2v) is 5.99. The summed E-state index contributed by atoms with van der Waals surface area (Å²) < 4.78 is 10.2. The average Bonchev–Trinajstić information content (AvgIpc) is 2.42. The third kappa shape index (κ3) is 8.14. The number of hydrogen-bond acceptors (Lipinski definition) is 4. The van der Waals surface area contributed by atoms with Crippen LogP contribution in [-0.2, 0) is 16.1 Å². The van der Waals surface area contributed by atoms with Gasteiger partial charge in [0.1, 0.15) is 12.2 Å². The minimum atomic E-state index is -0.550. The molecule has 6 heteroatoms. The van der Waals surface area contributed by atoms with Crippen molar-refractivity contribution in [2.45, 2.75) is 45.9 Å². The molecular weight excluding hydrogens is 284 g/mol. The molecular formula is C16H24N2O4. The third-order valence-electron chi connectivity index (χ3n) is 2.53. The number of carbonyl (C=O) groups excluding carboxylic acids is 2. The van der Waals surface area contributed by atoms with Crippen LogP contribution in [0.4, 0.5) is 9.59 Å². The van der Waals surface area contributed by atoms with E-state index in [4.69, 9.17) is 9.47 Å². The summed E-state index contributed by atoms with van der Waals surface area (Å²) in [5.41, 5.74) is 0.365. The number of alkyl carbamates (subject to hydrolysis) is 2. The van der Waals surface area contributed by atoms with Crippen LogP contribution < -0.4 is 10.6 Å². The van der Waals surface area contributed by atoms with Crippen LogP contribution in [0.15, 0.2) is 30.3 Å². The van der Waals surface area contributed by atoms with E-state index in [1.807, 2.05) is 30.3 Å². The number of benzene rings is 1. The molecule has 0 aliphatic heterocycles. The van der Waals surface area contributed by atoms with Crippen LogP contribution in [0.2, 0.25) is 0 Å². The first-order valence-electron chi connectivity index (χ1n) is 7.20. The van der Waals surface area contributed by atoms with Gasteiger partial charge < -0.3 is 20.1 Å². The molecule has 0 aromatic heterocycles. The molecule has 0 saturated carbocycles. The van der Waals surface area contributed by atoms with Gasteiger partial charge in [0.15, 0.2) is 0 Å². The Morgan fingerprint density at radius 1 is 1.14 bits per heavy atom. The topological polar surface area (TPSA) is 76.7 Å². The van der Waals surface area contributed by atoms with Crippen molar-refractivity contribution in [3.8, 4) is 0 Å². The molecule has 0 radical (unpaired) electrons. The molecule has 0 spiro atoms. The van der Waals surface area contributed by atoms with Gasteiger partial charge in [-0.05, 0) is 33.3 Å². The van der Waals surface area contributed by atoms with Crippen LogP contribution in [-0.4, -0.2) is 30.4 Å². The van der Waals surface area contributed by atoms with E-state index in [2.05, 4.69) is 10.6 Å². The van der Waals surface area contributed by atoms with Gasteiger partial charge in [-0.25, -0.2) is 9.59 Å². The predicted molar refractivity (Wildman–Crippen MR) is 83.5 cm³/mol. The standard InChI is InChI=1S/C16H24N2O4/c1-12(18-15(20)22-16(2,3)4)10-17-14(19)21-11-13-8-6-5-7-9-13/h5-9,12H,10-11H2,1-4H3,(H,17,19)(H,18,20)/t12-/m0/s1. The number of ether oxygens (including phenoxy) is 2. The molecule has 1 aromatic carbocycles. The van der Waals surface area contributed by atoms with Crippen molar-refractivity contribution in [3.05, 3.63) is 35.9 Å². The Balaban J connectivity index is 2.21. The Morgan fingerprint density at radius 3 is 2.36 bits per heavy atom. The highest BCUT2D eigenvalue weighted by molar-refractivity contribution is 5.69. The second kappa shape index (κ2) is 8.26. The highest BCUT2D eigenvalue weighted by atomic mass is 16.6. The van der Waals surface area contributed by atoms with E-state index >= 15 is 0 Å². The summed E-state index contributed by atoms with van der Waals surface area (Å²) in [6.45, 7) is 7.60. The number of nitrogens with one attached hydrogen (secondary N) is 2. The lowest BCUT2D eigenvalue weighted by Gasteiger charge is -2.22.